The highest BCUT2D eigenvalue weighted by Crippen LogP contribution is 2.35. The summed E-state index contributed by atoms with van der Waals surface area (Å²) in [6, 6.07) is 3.31. The molecule has 1 aromatic rings. The Bertz CT molecular complexity index is 464. The van der Waals surface area contributed by atoms with Gasteiger partial charge in [0.2, 0.25) is 0 Å². The minimum Gasteiger partial charge on any atom is -0.384 e. The molecule has 7 heteroatoms. The average Bonchev–Trinajstić information content (AvgIpc) is 2.38. The third-order valence-corrected chi connectivity index (χ3v) is 3.33. The molecule has 2 heterocycles. The van der Waals surface area contributed by atoms with Crippen molar-refractivity contribution in [3.05, 3.63) is 23.9 Å². The Hall–Kier alpha value is -1.79. The van der Waals surface area contributed by atoms with Gasteiger partial charge in [-0.25, -0.2) is 4.98 Å². The number of amidine groups is 1. The van der Waals surface area contributed by atoms with E-state index in [1.807, 2.05) is 0 Å². The highest BCUT2D eigenvalue weighted by Gasteiger charge is 2.41. The lowest BCUT2D eigenvalue weighted by Crippen LogP contribution is -2.40. The Morgan fingerprint density at radius 1 is 1.37 bits per heavy atom. The summed E-state index contributed by atoms with van der Waals surface area (Å²) >= 11 is 0. The molecule has 0 spiro atoms. The third kappa shape index (κ3) is 2.97. The molecule has 1 aliphatic heterocycles. The van der Waals surface area contributed by atoms with E-state index in [0.29, 0.717) is 11.4 Å². The number of anilines is 1. The zero-order valence-corrected chi connectivity index (χ0v) is 10.2. The van der Waals surface area contributed by atoms with Crippen LogP contribution in [0.25, 0.3) is 0 Å². The van der Waals surface area contributed by atoms with Gasteiger partial charge in [0.15, 0.2) is 0 Å². The first kappa shape index (κ1) is 13.6. The SMILES string of the molecule is N=C(N)c1cccnc1N1CCC(C(F)(F)F)CC1. The van der Waals surface area contributed by atoms with Gasteiger partial charge in [0.05, 0.1) is 11.5 Å². The molecule has 0 aliphatic carbocycles. The molecule has 3 N–H and O–H groups in total. The smallest absolute Gasteiger partial charge is 0.384 e. The number of pyridine rings is 1. The third-order valence-electron chi connectivity index (χ3n) is 3.33. The fraction of sp³-hybridized carbons (Fsp3) is 0.500. The van der Waals surface area contributed by atoms with Crippen LogP contribution in [0.5, 0.6) is 0 Å². The molecule has 1 aromatic heterocycles. The van der Waals surface area contributed by atoms with Gasteiger partial charge in [-0.2, -0.15) is 13.2 Å². The lowest BCUT2D eigenvalue weighted by atomic mass is 9.96. The summed E-state index contributed by atoms with van der Waals surface area (Å²) in [5.41, 5.74) is 5.92. The van der Waals surface area contributed by atoms with Gasteiger partial charge in [-0.05, 0) is 25.0 Å². The van der Waals surface area contributed by atoms with Gasteiger partial charge in [0, 0.05) is 19.3 Å². The van der Waals surface area contributed by atoms with Crippen LogP contribution in [0.2, 0.25) is 0 Å². The molecular weight excluding hydrogens is 257 g/mol. The first-order chi connectivity index (χ1) is 8.89. The maximum atomic E-state index is 12.6. The van der Waals surface area contributed by atoms with E-state index in [9.17, 15) is 13.2 Å². The number of piperidine rings is 1. The summed E-state index contributed by atoms with van der Waals surface area (Å²) in [7, 11) is 0. The van der Waals surface area contributed by atoms with E-state index in [1.54, 1.807) is 23.2 Å². The second kappa shape index (κ2) is 5.07. The Labute approximate surface area is 108 Å². The first-order valence-corrected chi connectivity index (χ1v) is 6.00. The summed E-state index contributed by atoms with van der Waals surface area (Å²) in [6.07, 6.45) is -2.47. The van der Waals surface area contributed by atoms with Gasteiger partial charge in [-0.3, -0.25) is 5.41 Å². The van der Waals surface area contributed by atoms with Crippen molar-refractivity contribution in [2.45, 2.75) is 19.0 Å². The van der Waals surface area contributed by atoms with E-state index in [0.717, 1.165) is 0 Å². The Kier molecular flexibility index (Phi) is 3.64. The Balaban J connectivity index is 2.12. The highest BCUT2D eigenvalue weighted by atomic mass is 19.4. The summed E-state index contributed by atoms with van der Waals surface area (Å²) in [5, 5.41) is 7.46. The van der Waals surface area contributed by atoms with Crippen LogP contribution in [0.4, 0.5) is 19.0 Å². The summed E-state index contributed by atoms with van der Waals surface area (Å²) in [6.45, 7) is 0.558. The van der Waals surface area contributed by atoms with Crippen LogP contribution in [-0.2, 0) is 0 Å². The van der Waals surface area contributed by atoms with Gasteiger partial charge in [0.1, 0.15) is 11.7 Å². The predicted molar refractivity (Wildman–Crippen MR) is 66.2 cm³/mol. The molecular formula is C12H15F3N4. The summed E-state index contributed by atoms with van der Waals surface area (Å²) in [4.78, 5) is 5.90. The number of hydrogen-bond donors (Lipinski definition) is 2. The number of aromatic nitrogens is 1. The molecule has 2 rings (SSSR count). The molecule has 19 heavy (non-hydrogen) atoms. The number of rotatable bonds is 2. The first-order valence-electron chi connectivity index (χ1n) is 6.00. The van der Waals surface area contributed by atoms with Crippen LogP contribution in [0.3, 0.4) is 0 Å². The Morgan fingerprint density at radius 3 is 2.53 bits per heavy atom. The van der Waals surface area contributed by atoms with E-state index in [-0.39, 0.29) is 31.8 Å². The molecule has 0 aromatic carbocycles. The quantitative estimate of drug-likeness (QED) is 0.640. The molecule has 0 unspecified atom stereocenters. The van der Waals surface area contributed by atoms with E-state index in [1.165, 1.54) is 0 Å². The molecule has 1 saturated heterocycles. The van der Waals surface area contributed by atoms with Crippen molar-refractivity contribution in [2.24, 2.45) is 11.7 Å². The normalized spacial score (nSPS) is 17.5. The van der Waals surface area contributed by atoms with Crippen molar-refractivity contribution in [3.8, 4) is 0 Å². The van der Waals surface area contributed by atoms with E-state index in [2.05, 4.69) is 4.98 Å². The molecule has 1 aliphatic rings. The fourth-order valence-electron chi connectivity index (χ4n) is 2.28. The maximum absolute atomic E-state index is 12.6. The summed E-state index contributed by atoms with van der Waals surface area (Å²) in [5.74, 6) is -0.870. The maximum Gasteiger partial charge on any atom is 0.391 e. The van der Waals surface area contributed by atoms with Gasteiger partial charge < -0.3 is 10.6 Å². The van der Waals surface area contributed by atoms with Crippen molar-refractivity contribution in [1.29, 1.82) is 5.41 Å². The van der Waals surface area contributed by atoms with Gasteiger partial charge >= 0.3 is 6.18 Å². The van der Waals surface area contributed by atoms with E-state index < -0.39 is 12.1 Å². The minimum atomic E-state index is -4.13. The molecule has 4 nitrogen and oxygen atoms in total. The molecule has 104 valence electrons. The van der Waals surface area contributed by atoms with Crippen LogP contribution >= 0.6 is 0 Å². The zero-order chi connectivity index (χ0) is 14.0. The van der Waals surface area contributed by atoms with Crippen LogP contribution in [0.1, 0.15) is 18.4 Å². The Morgan fingerprint density at radius 2 is 2.00 bits per heavy atom. The van der Waals surface area contributed by atoms with Crippen molar-refractivity contribution in [2.75, 3.05) is 18.0 Å². The predicted octanol–water partition coefficient (Wildman–Crippen LogP) is 2.14. The highest BCUT2D eigenvalue weighted by molar-refractivity contribution is 5.99. The number of nitrogens with two attached hydrogens (primary N) is 1. The van der Waals surface area contributed by atoms with Crippen LogP contribution < -0.4 is 10.6 Å². The largest absolute Gasteiger partial charge is 0.391 e. The van der Waals surface area contributed by atoms with Crippen LogP contribution in [0.15, 0.2) is 18.3 Å². The molecule has 0 amide bonds. The number of nitrogens with one attached hydrogen (secondary N) is 1. The standard InChI is InChI=1S/C12H15F3N4/c13-12(14,15)8-3-6-19(7-4-8)11-9(10(16)17)2-1-5-18-11/h1-2,5,8H,3-4,6-7H2,(H3,16,17). The number of halogens is 3. The molecule has 0 bridgehead atoms. The minimum absolute atomic E-state index is 0.0530. The second-order valence-corrected chi connectivity index (χ2v) is 4.59. The van der Waals surface area contributed by atoms with Gasteiger partial charge in [-0.15, -0.1) is 0 Å². The number of alkyl halides is 3. The number of hydrogen-bond acceptors (Lipinski definition) is 3. The van der Waals surface area contributed by atoms with Crippen LogP contribution in [-0.4, -0.2) is 30.1 Å². The number of nitrogen functional groups attached to an aromatic ring is 1. The van der Waals surface area contributed by atoms with Crippen molar-refractivity contribution >= 4 is 11.7 Å². The average molecular weight is 272 g/mol. The molecule has 0 saturated carbocycles. The molecule has 0 atom stereocenters. The zero-order valence-electron chi connectivity index (χ0n) is 10.2. The monoisotopic (exact) mass is 272 g/mol. The van der Waals surface area contributed by atoms with Gasteiger partial charge in [0.25, 0.3) is 0 Å². The van der Waals surface area contributed by atoms with E-state index >= 15 is 0 Å². The van der Waals surface area contributed by atoms with Crippen LogP contribution in [0, 0.1) is 11.3 Å². The fourth-order valence-corrected chi connectivity index (χ4v) is 2.28. The van der Waals surface area contributed by atoms with Crippen molar-refractivity contribution < 1.29 is 13.2 Å². The molecule has 1 fully saturated rings. The number of nitrogens with zero attached hydrogens (tertiary/aromatic N) is 2. The van der Waals surface area contributed by atoms with Gasteiger partial charge in [-0.1, -0.05) is 0 Å². The summed E-state index contributed by atoms with van der Waals surface area (Å²) < 4.78 is 37.8. The second-order valence-electron chi connectivity index (χ2n) is 4.59. The lowest BCUT2D eigenvalue weighted by Gasteiger charge is -2.34. The van der Waals surface area contributed by atoms with E-state index in [4.69, 9.17) is 11.1 Å². The van der Waals surface area contributed by atoms with Crippen molar-refractivity contribution in [1.82, 2.24) is 4.98 Å². The topological polar surface area (TPSA) is 66.0 Å². The molecule has 0 radical (unpaired) electrons. The van der Waals surface area contributed by atoms with Crippen molar-refractivity contribution in [3.63, 3.8) is 0 Å². The lowest BCUT2D eigenvalue weighted by molar-refractivity contribution is -0.179.